The van der Waals surface area contributed by atoms with Gasteiger partial charge in [0.2, 0.25) is 10.0 Å². The second-order valence-corrected chi connectivity index (χ2v) is 9.52. The lowest BCUT2D eigenvalue weighted by molar-refractivity contribution is -0.151. The Bertz CT molecular complexity index is 1010. The van der Waals surface area contributed by atoms with Crippen molar-refractivity contribution in [1.82, 2.24) is 4.31 Å². The van der Waals surface area contributed by atoms with Crippen molar-refractivity contribution in [3.8, 4) is 11.5 Å². The van der Waals surface area contributed by atoms with Crippen LogP contribution in [-0.2, 0) is 26.2 Å². The van der Waals surface area contributed by atoms with E-state index in [1.54, 1.807) is 6.07 Å². The molecule has 0 saturated carbocycles. The third-order valence-electron chi connectivity index (χ3n) is 5.44. The van der Waals surface area contributed by atoms with Crippen molar-refractivity contribution in [2.24, 2.45) is 5.92 Å². The lowest BCUT2D eigenvalue weighted by Gasteiger charge is -2.30. The first-order valence-corrected chi connectivity index (χ1v) is 11.5. The first-order valence-electron chi connectivity index (χ1n) is 10.1. The molecule has 0 atom stereocenters. The SMILES string of the molecule is Cc1ccc(COC(=O)C2CCN(S(=O)(=O)c3ccc4c(c3)OCCO4)CC2)cc1. The summed E-state index contributed by atoms with van der Waals surface area (Å²) in [6, 6.07) is 12.5. The third-order valence-corrected chi connectivity index (χ3v) is 7.34. The molecule has 8 heteroatoms. The Kier molecular flexibility index (Phi) is 5.97. The Hall–Kier alpha value is -2.58. The summed E-state index contributed by atoms with van der Waals surface area (Å²) in [5.74, 6) is 0.432. The second kappa shape index (κ2) is 8.65. The smallest absolute Gasteiger partial charge is 0.309 e. The van der Waals surface area contributed by atoms with Crippen molar-refractivity contribution in [3.63, 3.8) is 0 Å². The van der Waals surface area contributed by atoms with E-state index in [0.717, 1.165) is 11.1 Å². The lowest BCUT2D eigenvalue weighted by Crippen LogP contribution is -2.40. The maximum atomic E-state index is 13.0. The Morgan fingerprint density at radius 1 is 1.03 bits per heavy atom. The zero-order chi connectivity index (χ0) is 21.1. The van der Waals surface area contributed by atoms with Crippen LogP contribution in [0.15, 0.2) is 47.4 Å². The molecule has 4 rings (SSSR count). The molecule has 0 spiro atoms. The van der Waals surface area contributed by atoms with Crippen molar-refractivity contribution in [2.45, 2.75) is 31.3 Å². The fraction of sp³-hybridized carbons (Fsp3) is 0.409. The fourth-order valence-corrected chi connectivity index (χ4v) is 5.11. The van der Waals surface area contributed by atoms with Gasteiger partial charge in [0.25, 0.3) is 0 Å². The minimum Gasteiger partial charge on any atom is -0.486 e. The van der Waals surface area contributed by atoms with Crippen LogP contribution in [0.25, 0.3) is 0 Å². The Morgan fingerprint density at radius 3 is 2.40 bits per heavy atom. The molecule has 7 nitrogen and oxygen atoms in total. The van der Waals surface area contributed by atoms with Crippen LogP contribution in [0.5, 0.6) is 11.5 Å². The van der Waals surface area contributed by atoms with Gasteiger partial charge in [0, 0.05) is 19.2 Å². The van der Waals surface area contributed by atoms with Gasteiger partial charge in [-0.05, 0) is 37.5 Å². The predicted molar refractivity (Wildman–Crippen MR) is 110 cm³/mol. The summed E-state index contributed by atoms with van der Waals surface area (Å²) in [4.78, 5) is 12.6. The van der Waals surface area contributed by atoms with Gasteiger partial charge >= 0.3 is 5.97 Å². The molecule has 1 saturated heterocycles. The molecule has 0 amide bonds. The molecule has 2 heterocycles. The average molecular weight is 432 g/mol. The van der Waals surface area contributed by atoms with Crippen LogP contribution in [0.2, 0.25) is 0 Å². The highest BCUT2D eigenvalue weighted by Gasteiger charge is 2.33. The van der Waals surface area contributed by atoms with Crippen molar-refractivity contribution >= 4 is 16.0 Å². The van der Waals surface area contributed by atoms with E-state index in [1.807, 2.05) is 31.2 Å². The number of nitrogens with zero attached hydrogens (tertiary/aromatic N) is 1. The number of carbonyl (C=O) groups is 1. The summed E-state index contributed by atoms with van der Waals surface area (Å²) in [6.07, 6.45) is 0.882. The van der Waals surface area contributed by atoms with Crippen LogP contribution in [0.1, 0.15) is 24.0 Å². The molecule has 30 heavy (non-hydrogen) atoms. The molecule has 2 aliphatic heterocycles. The second-order valence-electron chi connectivity index (χ2n) is 7.58. The van der Waals surface area contributed by atoms with E-state index in [1.165, 1.54) is 16.4 Å². The van der Waals surface area contributed by atoms with Gasteiger partial charge < -0.3 is 14.2 Å². The van der Waals surface area contributed by atoms with Crippen molar-refractivity contribution < 1.29 is 27.4 Å². The standard InChI is InChI=1S/C22H25NO6S/c1-16-2-4-17(5-3-16)15-29-22(24)18-8-10-23(11-9-18)30(25,26)19-6-7-20-21(14-19)28-13-12-27-20/h2-7,14,18H,8-13,15H2,1H3. The number of hydrogen-bond donors (Lipinski definition) is 0. The maximum absolute atomic E-state index is 13.0. The Balaban J connectivity index is 1.34. The number of carbonyl (C=O) groups excluding carboxylic acids is 1. The number of rotatable bonds is 5. The summed E-state index contributed by atoms with van der Waals surface area (Å²) >= 11 is 0. The third kappa shape index (κ3) is 4.44. The fourth-order valence-electron chi connectivity index (χ4n) is 3.62. The number of sulfonamides is 1. The monoisotopic (exact) mass is 431 g/mol. The zero-order valence-corrected chi connectivity index (χ0v) is 17.7. The molecular weight excluding hydrogens is 406 g/mol. The summed E-state index contributed by atoms with van der Waals surface area (Å²) < 4.78 is 43.8. The van der Waals surface area contributed by atoms with E-state index in [-0.39, 0.29) is 36.5 Å². The van der Waals surface area contributed by atoms with Gasteiger partial charge in [-0.2, -0.15) is 4.31 Å². The topological polar surface area (TPSA) is 82.1 Å². The molecule has 0 radical (unpaired) electrons. The maximum Gasteiger partial charge on any atom is 0.309 e. The Labute approximate surface area is 176 Å². The van der Waals surface area contributed by atoms with Crippen molar-refractivity contribution in [2.75, 3.05) is 26.3 Å². The highest BCUT2D eigenvalue weighted by molar-refractivity contribution is 7.89. The van der Waals surface area contributed by atoms with Gasteiger partial charge in [-0.15, -0.1) is 0 Å². The van der Waals surface area contributed by atoms with Crippen LogP contribution >= 0.6 is 0 Å². The summed E-state index contributed by atoms with van der Waals surface area (Å²) in [7, 11) is -3.66. The first-order chi connectivity index (χ1) is 14.4. The number of hydrogen-bond acceptors (Lipinski definition) is 6. The lowest BCUT2D eigenvalue weighted by atomic mass is 9.98. The minimum atomic E-state index is -3.66. The zero-order valence-electron chi connectivity index (χ0n) is 16.9. The minimum absolute atomic E-state index is 0.173. The number of fused-ring (bicyclic) bond motifs is 1. The van der Waals surface area contributed by atoms with Gasteiger partial charge in [-0.3, -0.25) is 4.79 Å². The number of esters is 1. The molecule has 2 aromatic rings. The van der Waals surface area contributed by atoms with E-state index in [9.17, 15) is 13.2 Å². The van der Waals surface area contributed by atoms with Gasteiger partial charge in [0.05, 0.1) is 10.8 Å². The largest absolute Gasteiger partial charge is 0.486 e. The van der Waals surface area contributed by atoms with Gasteiger partial charge in [-0.25, -0.2) is 8.42 Å². The van der Waals surface area contributed by atoms with Gasteiger partial charge in [0.15, 0.2) is 11.5 Å². The average Bonchev–Trinajstić information content (AvgIpc) is 2.78. The van der Waals surface area contributed by atoms with Gasteiger partial charge in [0.1, 0.15) is 19.8 Å². The molecule has 0 unspecified atom stereocenters. The molecule has 0 bridgehead atoms. The first kappa shape index (κ1) is 20.7. The molecule has 0 aliphatic carbocycles. The number of piperidine rings is 1. The van der Waals surface area contributed by atoms with Crippen LogP contribution in [-0.4, -0.2) is 45.0 Å². The van der Waals surface area contributed by atoms with Crippen molar-refractivity contribution in [3.05, 3.63) is 53.6 Å². The summed E-state index contributed by atoms with van der Waals surface area (Å²) in [6.45, 7) is 3.64. The van der Waals surface area contributed by atoms with E-state index >= 15 is 0 Å². The molecular formula is C22H25NO6S. The van der Waals surface area contributed by atoms with Crippen LogP contribution in [0, 0.1) is 12.8 Å². The molecule has 1 fully saturated rings. The summed E-state index contributed by atoms with van der Waals surface area (Å²) in [5.41, 5.74) is 2.09. The van der Waals surface area contributed by atoms with Gasteiger partial charge in [-0.1, -0.05) is 29.8 Å². The molecule has 160 valence electrons. The summed E-state index contributed by atoms with van der Waals surface area (Å²) in [5, 5.41) is 0. The van der Waals surface area contributed by atoms with Crippen LogP contribution in [0.4, 0.5) is 0 Å². The molecule has 0 N–H and O–H groups in total. The number of benzene rings is 2. The van der Waals surface area contributed by atoms with Crippen molar-refractivity contribution in [1.29, 1.82) is 0 Å². The molecule has 0 aromatic heterocycles. The van der Waals surface area contributed by atoms with Crippen LogP contribution < -0.4 is 9.47 Å². The van der Waals surface area contributed by atoms with Crippen LogP contribution in [0.3, 0.4) is 0 Å². The predicted octanol–water partition coefficient (Wildman–Crippen LogP) is 2.91. The van der Waals surface area contributed by atoms with E-state index in [4.69, 9.17) is 14.2 Å². The highest BCUT2D eigenvalue weighted by atomic mass is 32.2. The van der Waals surface area contributed by atoms with E-state index in [2.05, 4.69) is 0 Å². The van der Waals surface area contributed by atoms with E-state index < -0.39 is 10.0 Å². The normalized spacial score (nSPS) is 17.5. The van der Waals surface area contributed by atoms with E-state index in [0.29, 0.717) is 37.6 Å². The molecule has 2 aromatic carbocycles. The number of ether oxygens (including phenoxy) is 3. The quantitative estimate of drug-likeness (QED) is 0.677. The number of aryl methyl sites for hydroxylation is 1. The highest BCUT2D eigenvalue weighted by Crippen LogP contribution is 2.34. The molecule has 2 aliphatic rings. The Morgan fingerprint density at radius 2 is 1.70 bits per heavy atom.